The molecule has 2 aromatic heterocycles. The molecule has 2 heterocycles. The average Bonchev–Trinajstić information content (AvgIpc) is 2.87. The number of nitrogens with zero attached hydrogens (tertiary/aromatic N) is 4. The van der Waals surface area contributed by atoms with Gasteiger partial charge in [-0.25, -0.2) is 4.98 Å². The van der Waals surface area contributed by atoms with E-state index in [2.05, 4.69) is 10.1 Å². The van der Waals surface area contributed by atoms with E-state index in [-0.39, 0.29) is 0 Å². The maximum Gasteiger partial charge on any atom is 0.165 e. The molecule has 0 amide bonds. The Morgan fingerprint density at radius 1 is 1.43 bits per heavy atom. The van der Waals surface area contributed by atoms with Gasteiger partial charge in [0.25, 0.3) is 0 Å². The predicted molar refractivity (Wildman–Crippen MR) is 81.9 cm³/mol. The van der Waals surface area contributed by atoms with Crippen molar-refractivity contribution in [3.05, 3.63) is 46.7 Å². The second kappa shape index (κ2) is 5.08. The number of hydrogen-bond acceptors (Lipinski definition) is 4. The summed E-state index contributed by atoms with van der Waals surface area (Å²) >= 11 is 6.07. The van der Waals surface area contributed by atoms with E-state index in [1.165, 1.54) is 10.7 Å². The van der Waals surface area contributed by atoms with Crippen LogP contribution in [0.25, 0.3) is 16.8 Å². The van der Waals surface area contributed by atoms with Gasteiger partial charge in [-0.2, -0.15) is 14.9 Å². The van der Waals surface area contributed by atoms with Gasteiger partial charge in [0.2, 0.25) is 0 Å². The van der Waals surface area contributed by atoms with Crippen molar-refractivity contribution in [2.24, 2.45) is 0 Å². The zero-order valence-corrected chi connectivity index (χ0v) is 12.1. The van der Waals surface area contributed by atoms with Gasteiger partial charge in [0.05, 0.1) is 11.9 Å². The summed E-state index contributed by atoms with van der Waals surface area (Å²) in [5.41, 5.74) is 9.63. The van der Waals surface area contributed by atoms with E-state index in [1.807, 2.05) is 37.3 Å². The summed E-state index contributed by atoms with van der Waals surface area (Å²) in [5.74, 6) is 0.297. The van der Waals surface area contributed by atoms with Crippen LogP contribution in [0.5, 0.6) is 0 Å². The van der Waals surface area contributed by atoms with Crippen LogP contribution >= 0.6 is 11.6 Å². The minimum Gasteiger partial charge on any atom is -0.382 e. The first-order valence-corrected chi connectivity index (χ1v) is 6.85. The number of nitrogens with two attached hydrogens (primary N) is 1. The number of hydrogen-bond donors (Lipinski definition) is 1. The molecule has 3 aromatic rings. The summed E-state index contributed by atoms with van der Waals surface area (Å²) in [7, 11) is 0. The maximum absolute atomic E-state index is 9.04. The number of aromatic nitrogens is 3. The molecule has 0 saturated carbocycles. The lowest BCUT2D eigenvalue weighted by Gasteiger charge is -2.03. The Balaban J connectivity index is 2.37. The van der Waals surface area contributed by atoms with Crippen molar-refractivity contribution in [3.8, 4) is 17.2 Å². The van der Waals surface area contributed by atoms with Gasteiger partial charge in [-0.15, -0.1) is 0 Å². The zero-order valence-electron chi connectivity index (χ0n) is 11.3. The van der Waals surface area contributed by atoms with Crippen LogP contribution in [0.1, 0.15) is 18.2 Å². The molecule has 104 valence electrons. The molecule has 0 spiro atoms. The van der Waals surface area contributed by atoms with Gasteiger partial charge in [0, 0.05) is 10.6 Å². The van der Waals surface area contributed by atoms with Crippen LogP contribution < -0.4 is 5.73 Å². The molecule has 0 atom stereocenters. The molecule has 3 rings (SSSR count). The lowest BCUT2D eigenvalue weighted by Crippen LogP contribution is -2.03. The van der Waals surface area contributed by atoms with Crippen LogP contribution in [0, 0.1) is 11.3 Å². The van der Waals surface area contributed by atoms with Gasteiger partial charge in [-0.1, -0.05) is 30.7 Å². The normalized spacial score (nSPS) is 10.7. The molecule has 2 N–H and O–H groups in total. The van der Waals surface area contributed by atoms with Crippen molar-refractivity contribution in [1.82, 2.24) is 14.6 Å². The molecule has 0 aliphatic heterocycles. The van der Waals surface area contributed by atoms with E-state index in [4.69, 9.17) is 22.6 Å². The Morgan fingerprint density at radius 3 is 2.90 bits per heavy atom. The van der Waals surface area contributed by atoms with E-state index >= 15 is 0 Å². The Bertz CT molecular complexity index is 876. The number of fused-ring (bicyclic) bond motifs is 1. The minimum atomic E-state index is 0.297. The van der Waals surface area contributed by atoms with Crippen LogP contribution in [0.2, 0.25) is 5.02 Å². The largest absolute Gasteiger partial charge is 0.382 e. The van der Waals surface area contributed by atoms with E-state index < -0.39 is 0 Å². The smallest absolute Gasteiger partial charge is 0.165 e. The fraction of sp³-hybridized carbons (Fsp3) is 0.133. The van der Waals surface area contributed by atoms with Gasteiger partial charge >= 0.3 is 0 Å². The molecule has 6 heteroatoms. The van der Waals surface area contributed by atoms with Gasteiger partial charge in [-0.3, -0.25) is 0 Å². The lowest BCUT2D eigenvalue weighted by molar-refractivity contribution is 0.894. The monoisotopic (exact) mass is 297 g/mol. The first kappa shape index (κ1) is 13.4. The van der Waals surface area contributed by atoms with Crippen molar-refractivity contribution in [1.29, 1.82) is 5.26 Å². The van der Waals surface area contributed by atoms with Gasteiger partial charge < -0.3 is 5.73 Å². The number of benzene rings is 1. The Morgan fingerprint density at radius 2 is 2.24 bits per heavy atom. The second-order valence-electron chi connectivity index (χ2n) is 4.59. The zero-order chi connectivity index (χ0) is 15.0. The fourth-order valence-electron chi connectivity index (χ4n) is 2.32. The number of nitriles is 1. The molecule has 0 aliphatic rings. The molecule has 0 radical (unpaired) electrons. The molecule has 0 unspecified atom stereocenters. The Kier molecular flexibility index (Phi) is 3.24. The highest BCUT2D eigenvalue weighted by molar-refractivity contribution is 6.30. The summed E-state index contributed by atoms with van der Waals surface area (Å²) in [6.07, 6.45) is 2.20. The Hall–Kier alpha value is -2.58. The number of halogens is 1. The van der Waals surface area contributed by atoms with Crippen molar-refractivity contribution in [2.45, 2.75) is 13.3 Å². The van der Waals surface area contributed by atoms with E-state index in [0.29, 0.717) is 22.1 Å². The lowest BCUT2D eigenvalue weighted by atomic mass is 10.0. The van der Waals surface area contributed by atoms with E-state index in [9.17, 15) is 0 Å². The van der Waals surface area contributed by atoms with Crippen molar-refractivity contribution in [2.75, 3.05) is 5.73 Å². The highest BCUT2D eigenvalue weighted by Gasteiger charge is 2.17. The molecule has 0 bridgehead atoms. The predicted octanol–water partition coefficient (Wildman–Crippen LogP) is 3.07. The van der Waals surface area contributed by atoms with Crippen LogP contribution in [-0.2, 0) is 6.42 Å². The fourth-order valence-corrected chi connectivity index (χ4v) is 2.51. The number of rotatable bonds is 2. The molecule has 1 aromatic carbocycles. The number of aryl methyl sites for hydroxylation is 1. The molecule has 0 saturated heterocycles. The third-order valence-corrected chi connectivity index (χ3v) is 3.56. The number of nitrogen functional groups attached to an aromatic ring is 1. The molecule has 0 aliphatic carbocycles. The summed E-state index contributed by atoms with van der Waals surface area (Å²) in [4.78, 5) is 4.34. The van der Waals surface area contributed by atoms with Crippen LogP contribution in [0.4, 0.5) is 5.82 Å². The van der Waals surface area contributed by atoms with Crippen LogP contribution in [0.15, 0.2) is 30.5 Å². The van der Waals surface area contributed by atoms with Crippen LogP contribution in [-0.4, -0.2) is 14.6 Å². The number of anilines is 1. The quantitative estimate of drug-likeness (QED) is 0.788. The first-order valence-electron chi connectivity index (χ1n) is 6.47. The highest BCUT2D eigenvalue weighted by Crippen LogP contribution is 2.31. The third kappa shape index (κ3) is 2.10. The minimum absolute atomic E-state index is 0.297. The first-order chi connectivity index (χ1) is 10.2. The topological polar surface area (TPSA) is 80.0 Å². The standard InChI is InChI=1S/C15H12ClN5/c1-2-12-13(9-4-3-5-11(16)6-9)15-19-8-10(7-17)14(18)21(15)20-12/h3-6,8H,2,18H2,1H3. The van der Waals surface area contributed by atoms with Crippen molar-refractivity contribution in [3.63, 3.8) is 0 Å². The SMILES string of the molecule is CCc1nn2c(N)c(C#N)cnc2c1-c1cccc(Cl)c1. The van der Waals surface area contributed by atoms with Gasteiger partial charge in [-0.05, 0) is 24.1 Å². The summed E-state index contributed by atoms with van der Waals surface area (Å²) in [6, 6.07) is 9.54. The van der Waals surface area contributed by atoms with E-state index in [0.717, 1.165) is 23.2 Å². The third-order valence-electron chi connectivity index (χ3n) is 3.32. The molecule has 5 nitrogen and oxygen atoms in total. The summed E-state index contributed by atoms with van der Waals surface area (Å²) in [5, 5.41) is 14.2. The van der Waals surface area contributed by atoms with Gasteiger partial charge in [0.15, 0.2) is 5.65 Å². The molecule has 0 fully saturated rings. The molecular weight excluding hydrogens is 286 g/mol. The highest BCUT2D eigenvalue weighted by atomic mass is 35.5. The summed E-state index contributed by atoms with van der Waals surface area (Å²) in [6.45, 7) is 2.01. The van der Waals surface area contributed by atoms with Crippen LogP contribution in [0.3, 0.4) is 0 Å². The van der Waals surface area contributed by atoms with Crippen molar-refractivity contribution < 1.29 is 0 Å². The van der Waals surface area contributed by atoms with E-state index in [1.54, 1.807) is 0 Å². The summed E-state index contributed by atoms with van der Waals surface area (Å²) < 4.78 is 1.52. The molecular formula is C15H12ClN5. The van der Waals surface area contributed by atoms with Gasteiger partial charge in [0.1, 0.15) is 17.5 Å². The second-order valence-corrected chi connectivity index (χ2v) is 5.03. The average molecular weight is 298 g/mol. The Labute approximate surface area is 126 Å². The molecule has 21 heavy (non-hydrogen) atoms. The maximum atomic E-state index is 9.04. The van der Waals surface area contributed by atoms with Crippen molar-refractivity contribution >= 4 is 23.1 Å².